The third-order valence-corrected chi connectivity index (χ3v) is 7.16. The second-order valence-corrected chi connectivity index (χ2v) is 9.38. The molecule has 0 aliphatic carbocycles. The summed E-state index contributed by atoms with van der Waals surface area (Å²) < 4.78 is 35.6. The number of halogens is 2. The third kappa shape index (κ3) is 3.83. The Morgan fingerprint density at radius 3 is 2.78 bits per heavy atom. The van der Waals surface area contributed by atoms with Crippen molar-refractivity contribution in [3.05, 3.63) is 59.7 Å². The number of pyridine rings is 1. The number of aromatic nitrogens is 5. The fraction of sp³-hybridized carbons (Fsp3) is 0.400. The largest absolute Gasteiger partial charge is 0.392 e. The molecule has 11 heteroatoms. The van der Waals surface area contributed by atoms with Crippen LogP contribution in [0.25, 0.3) is 22.7 Å². The molecule has 2 fully saturated rings. The van der Waals surface area contributed by atoms with E-state index in [-0.39, 0.29) is 18.4 Å². The van der Waals surface area contributed by atoms with Crippen molar-refractivity contribution in [1.29, 1.82) is 0 Å². The van der Waals surface area contributed by atoms with Crippen LogP contribution in [0.4, 0.5) is 14.5 Å². The van der Waals surface area contributed by atoms with E-state index in [1.54, 1.807) is 25.4 Å². The minimum Gasteiger partial charge on any atom is -0.392 e. The van der Waals surface area contributed by atoms with Crippen molar-refractivity contribution in [2.24, 2.45) is 0 Å². The lowest BCUT2D eigenvalue weighted by Crippen LogP contribution is -2.48. The summed E-state index contributed by atoms with van der Waals surface area (Å²) in [4.78, 5) is 14.0. The Hall–Kier alpha value is -3.41. The quantitative estimate of drug-likeness (QED) is 0.456. The number of nitrogens with zero attached hydrogens (tertiary/aromatic N) is 7. The van der Waals surface area contributed by atoms with Gasteiger partial charge >= 0.3 is 0 Å². The van der Waals surface area contributed by atoms with E-state index in [9.17, 15) is 13.9 Å². The predicted octanol–water partition coefficient (Wildman–Crippen LogP) is 2.86. The Morgan fingerprint density at radius 1 is 1.17 bits per heavy atom. The van der Waals surface area contributed by atoms with Crippen molar-refractivity contribution >= 4 is 16.7 Å². The van der Waals surface area contributed by atoms with Crippen molar-refractivity contribution < 1.29 is 18.6 Å². The van der Waals surface area contributed by atoms with Gasteiger partial charge in [0.25, 0.3) is 6.43 Å². The lowest BCUT2D eigenvalue weighted by molar-refractivity contribution is -0.0362. The first kappa shape index (κ1) is 23.0. The van der Waals surface area contributed by atoms with E-state index in [1.807, 2.05) is 10.6 Å². The van der Waals surface area contributed by atoms with E-state index < -0.39 is 6.43 Å². The molecule has 0 saturated carbocycles. The van der Waals surface area contributed by atoms with Crippen LogP contribution in [0.15, 0.2) is 42.7 Å². The number of alkyl halides is 2. The van der Waals surface area contributed by atoms with Crippen LogP contribution in [0.2, 0.25) is 0 Å². The van der Waals surface area contributed by atoms with Crippen LogP contribution >= 0.6 is 0 Å². The van der Waals surface area contributed by atoms with Gasteiger partial charge in [-0.15, -0.1) is 0 Å². The number of rotatable bonds is 5. The lowest BCUT2D eigenvalue weighted by atomic mass is 10.1. The number of anilines is 1. The van der Waals surface area contributed by atoms with Gasteiger partial charge in [0, 0.05) is 36.6 Å². The summed E-state index contributed by atoms with van der Waals surface area (Å²) in [6.07, 6.45) is -0.787. The molecule has 0 radical (unpaired) electrons. The zero-order chi connectivity index (χ0) is 25.0. The maximum Gasteiger partial charge on any atom is 0.282 e. The molecule has 0 unspecified atom stereocenters. The van der Waals surface area contributed by atoms with Crippen LogP contribution in [0.5, 0.6) is 0 Å². The fourth-order valence-corrected chi connectivity index (χ4v) is 5.18. The molecule has 188 valence electrons. The molecule has 6 rings (SSSR count). The highest BCUT2D eigenvalue weighted by Crippen LogP contribution is 2.30. The molecule has 2 aliphatic heterocycles. The molecule has 0 bridgehead atoms. The first-order valence-electron chi connectivity index (χ1n) is 11.9. The Balaban J connectivity index is 1.34. The Morgan fingerprint density at radius 2 is 2.03 bits per heavy atom. The number of fused-ring (bicyclic) bond motifs is 2. The van der Waals surface area contributed by atoms with Gasteiger partial charge in [0.1, 0.15) is 17.8 Å². The zero-order valence-electron chi connectivity index (χ0n) is 20.1. The van der Waals surface area contributed by atoms with Gasteiger partial charge in [0.2, 0.25) is 0 Å². The van der Waals surface area contributed by atoms with Gasteiger partial charge in [0.15, 0.2) is 5.82 Å². The second kappa shape index (κ2) is 8.91. The minimum atomic E-state index is -2.69. The molecule has 36 heavy (non-hydrogen) atoms. The summed E-state index contributed by atoms with van der Waals surface area (Å²) in [5, 5.41) is 13.9. The van der Waals surface area contributed by atoms with E-state index in [4.69, 9.17) is 4.74 Å². The topological polar surface area (TPSA) is 84.5 Å². The molecule has 2 atom stereocenters. The molecule has 1 aromatic carbocycles. The average molecular weight is 496 g/mol. The summed E-state index contributed by atoms with van der Waals surface area (Å²) in [6.45, 7) is 4.85. The molecule has 3 aromatic heterocycles. The van der Waals surface area contributed by atoms with E-state index in [2.05, 4.69) is 44.0 Å². The van der Waals surface area contributed by atoms with E-state index in [0.29, 0.717) is 28.9 Å². The summed E-state index contributed by atoms with van der Waals surface area (Å²) in [7, 11) is 2.15. The lowest BCUT2D eigenvalue weighted by Gasteiger charge is -2.33. The third-order valence-electron chi connectivity index (χ3n) is 7.16. The number of benzene rings is 1. The molecule has 5 heterocycles. The van der Waals surface area contributed by atoms with E-state index >= 15 is 0 Å². The zero-order valence-corrected chi connectivity index (χ0v) is 20.1. The number of ether oxygens (including phenoxy) is 1. The molecular weight excluding hydrogens is 468 g/mol. The van der Waals surface area contributed by atoms with Crippen LogP contribution in [-0.4, -0.2) is 79.8 Å². The molecule has 9 nitrogen and oxygen atoms in total. The number of morpholine rings is 1. The number of aliphatic hydroxyl groups excluding tert-OH is 1. The second-order valence-electron chi connectivity index (χ2n) is 9.38. The summed E-state index contributed by atoms with van der Waals surface area (Å²) in [5.74, 6) is 0.856. The van der Waals surface area contributed by atoms with Crippen LogP contribution in [0, 0.1) is 6.92 Å². The normalized spacial score (nSPS) is 20.6. The molecule has 0 amide bonds. The SMILES string of the molecule is Cc1cc(C(F)F)nn1-c1nc(-n2cnc3cc(N4C[C@H]5OCCN(C)[C@H]5C4)ccc32)ccc1CO. The van der Waals surface area contributed by atoms with Crippen LogP contribution in [-0.2, 0) is 11.3 Å². The maximum absolute atomic E-state index is 13.2. The number of aliphatic hydroxyl groups is 1. The van der Waals surface area contributed by atoms with Crippen molar-refractivity contribution in [1.82, 2.24) is 29.2 Å². The summed E-state index contributed by atoms with van der Waals surface area (Å²) >= 11 is 0. The van der Waals surface area contributed by atoms with Gasteiger partial charge in [-0.1, -0.05) is 0 Å². The highest BCUT2D eigenvalue weighted by Gasteiger charge is 2.38. The van der Waals surface area contributed by atoms with Crippen molar-refractivity contribution in [2.45, 2.75) is 32.1 Å². The summed E-state index contributed by atoms with van der Waals surface area (Å²) in [6, 6.07) is 11.4. The van der Waals surface area contributed by atoms with Gasteiger partial charge in [0.05, 0.1) is 36.4 Å². The Kier molecular flexibility index (Phi) is 5.70. The number of imidazole rings is 1. The Bertz CT molecular complexity index is 1420. The van der Waals surface area contributed by atoms with Gasteiger partial charge < -0.3 is 14.7 Å². The van der Waals surface area contributed by atoms with E-state index in [0.717, 1.165) is 43.0 Å². The van der Waals surface area contributed by atoms with Crippen LogP contribution in [0.1, 0.15) is 23.4 Å². The van der Waals surface area contributed by atoms with Gasteiger partial charge in [-0.2, -0.15) is 5.10 Å². The van der Waals surface area contributed by atoms with Crippen molar-refractivity contribution in [2.75, 3.05) is 38.2 Å². The van der Waals surface area contributed by atoms with Crippen molar-refractivity contribution in [3.63, 3.8) is 0 Å². The van der Waals surface area contributed by atoms with Gasteiger partial charge in [-0.25, -0.2) is 23.4 Å². The van der Waals surface area contributed by atoms with Gasteiger partial charge in [-0.3, -0.25) is 9.47 Å². The van der Waals surface area contributed by atoms with Crippen LogP contribution < -0.4 is 4.90 Å². The highest BCUT2D eigenvalue weighted by atomic mass is 19.3. The molecule has 1 N–H and O–H groups in total. The molecule has 4 aromatic rings. The first-order valence-corrected chi connectivity index (χ1v) is 11.9. The standard InChI is InChI=1S/C25H27F2N7O2/c1-15-9-19(24(26)27)30-34(15)25-16(13-35)3-6-23(29-25)33-14-28-18-10-17(4-5-20(18)33)32-11-21-22(12-32)36-8-7-31(21)2/h3-6,9-10,14,21-22,24,35H,7-8,11-13H2,1-2H3/t21-,22+/m0/s1. The smallest absolute Gasteiger partial charge is 0.282 e. The van der Waals surface area contributed by atoms with E-state index in [1.165, 1.54) is 10.7 Å². The highest BCUT2D eigenvalue weighted by molar-refractivity contribution is 5.81. The minimum absolute atomic E-state index is 0.209. The molecule has 2 aliphatic rings. The summed E-state index contributed by atoms with van der Waals surface area (Å²) in [5.41, 5.74) is 3.44. The molecule has 0 spiro atoms. The average Bonchev–Trinajstić information content (AvgIpc) is 3.60. The van der Waals surface area contributed by atoms with Crippen LogP contribution in [0.3, 0.4) is 0 Å². The fourth-order valence-electron chi connectivity index (χ4n) is 5.18. The van der Waals surface area contributed by atoms with Gasteiger partial charge in [-0.05, 0) is 50.4 Å². The molecule has 2 saturated heterocycles. The predicted molar refractivity (Wildman–Crippen MR) is 130 cm³/mol. The monoisotopic (exact) mass is 495 g/mol. The number of likely N-dealkylation sites (N-methyl/N-ethyl adjacent to an activating group) is 1. The first-order chi connectivity index (χ1) is 17.4. The Labute approximate surface area is 206 Å². The number of hydrogen-bond donors (Lipinski definition) is 1. The maximum atomic E-state index is 13.2. The number of aryl methyl sites for hydroxylation is 1. The van der Waals surface area contributed by atoms with Crippen molar-refractivity contribution in [3.8, 4) is 11.6 Å². The molecular formula is C25H27F2N7O2. The number of hydrogen-bond acceptors (Lipinski definition) is 7.